The molecule has 0 atom stereocenters. The number of sulfonamides is 1. The van der Waals surface area contributed by atoms with Gasteiger partial charge in [0.05, 0.1) is 5.25 Å². The fourth-order valence-corrected chi connectivity index (χ4v) is 2.09. The molecule has 0 fully saturated rings. The van der Waals surface area contributed by atoms with E-state index < -0.39 is 15.3 Å². The molecule has 0 saturated heterocycles. The smallest absolute Gasteiger partial charge is 0.235 e. The first-order valence-corrected chi connectivity index (χ1v) is 6.62. The van der Waals surface area contributed by atoms with Gasteiger partial charge in [0.25, 0.3) is 0 Å². The molecule has 16 heavy (non-hydrogen) atoms. The minimum atomic E-state index is -3.26. The van der Waals surface area contributed by atoms with Crippen molar-refractivity contribution in [2.24, 2.45) is 0 Å². The molecule has 2 rings (SSSR count). The van der Waals surface area contributed by atoms with Crippen LogP contribution in [0, 0.1) is 0 Å². The zero-order valence-electron chi connectivity index (χ0n) is 9.19. The first-order chi connectivity index (χ1) is 7.49. The van der Waals surface area contributed by atoms with E-state index in [0.29, 0.717) is 5.69 Å². The van der Waals surface area contributed by atoms with E-state index in [9.17, 15) is 8.42 Å². The number of benzene rings is 1. The number of aromatic nitrogens is 1. The van der Waals surface area contributed by atoms with Crippen molar-refractivity contribution in [3.8, 4) is 0 Å². The highest BCUT2D eigenvalue weighted by atomic mass is 32.2. The van der Waals surface area contributed by atoms with Crippen molar-refractivity contribution in [1.82, 2.24) is 4.98 Å². The largest absolute Gasteiger partial charge is 0.361 e. The Kier molecular flexibility index (Phi) is 2.63. The molecule has 0 saturated carbocycles. The third-order valence-corrected chi connectivity index (χ3v) is 4.20. The lowest BCUT2D eigenvalue weighted by molar-refractivity contribution is 0.593. The number of nitrogens with one attached hydrogen (secondary N) is 2. The van der Waals surface area contributed by atoms with E-state index in [-0.39, 0.29) is 0 Å². The van der Waals surface area contributed by atoms with E-state index in [1.165, 1.54) is 0 Å². The van der Waals surface area contributed by atoms with Gasteiger partial charge in [-0.3, -0.25) is 4.72 Å². The van der Waals surface area contributed by atoms with Gasteiger partial charge in [0.2, 0.25) is 10.0 Å². The van der Waals surface area contributed by atoms with Crippen molar-refractivity contribution < 1.29 is 8.42 Å². The van der Waals surface area contributed by atoms with Crippen LogP contribution in [-0.4, -0.2) is 18.7 Å². The maximum atomic E-state index is 11.7. The summed E-state index contributed by atoms with van der Waals surface area (Å²) in [4.78, 5) is 3.06. The molecule has 2 aromatic rings. The Morgan fingerprint density at radius 3 is 2.69 bits per heavy atom. The van der Waals surface area contributed by atoms with Crippen LogP contribution >= 0.6 is 0 Å². The van der Waals surface area contributed by atoms with Crippen molar-refractivity contribution in [3.05, 3.63) is 30.5 Å². The van der Waals surface area contributed by atoms with Crippen LogP contribution in [0.3, 0.4) is 0 Å². The molecule has 5 heteroatoms. The Balaban J connectivity index is 2.34. The van der Waals surface area contributed by atoms with Gasteiger partial charge in [0.15, 0.2) is 0 Å². The average Bonchev–Trinajstić information content (AvgIpc) is 2.63. The first kappa shape index (κ1) is 11.0. The SMILES string of the molecule is CC(C)S(=O)(=O)Nc1ccc2[nH]ccc2c1. The molecule has 0 bridgehead atoms. The minimum Gasteiger partial charge on any atom is -0.361 e. The summed E-state index contributed by atoms with van der Waals surface area (Å²) in [6.07, 6.45) is 1.82. The quantitative estimate of drug-likeness (QED) is 0.862. The number of anilines is 1. The van der Waals surface area contributed by atoms with Crippen molar-refractivity contribution in [2.45, 2.75) is 19.1 Å². The van der Waals surface area contributed by atoms with Crippen LogP contribution < -0.4 is 4.72 Å². The van der Waals surface area contributed by atoms with Crippen molar-refractivity contribution in [2.75, 3.05) is 4.72 Å². The Bertz CT molecular complexity index is 599. The summed E-state index contributed by atoms with van der Waals surface area (Å²) >= 11 is 0. The molecule has 0 amide bonds. The van der Waals surface area contributed by atoms with Crippen LogP contribution in [0.15, 0.2) is 30.5 Å². The summed E-state index contributed by atoms with van der Waals surface area (Å²) in [7, 11) is -3.26. The van der Waals surface area contributed by atoms with Crippen molar-refractivity contribution in [3.63, 3.8) is 0 Å². The normalized spacial score (nSPS) is 12.2. The van der Waals surface area contributed by atoms with Crippen molar-refractivity contribution >= 4 is 26.6 Å². The molecular formula is C11H14N2O2S. The second kappa shape index (κ2) is 3.83. The molecule has 0 aliphatic carbocycles. The summed E-state index contributed by atoms with van der Waals surface area (Å²) in [6.45, 7) is 3.30. The monoisotopic (exact) mass is 238 g/mol. The topological polar surface area (TPSA) is 62.0 Å². The minimum absolute atomic E-state index is 0.436. The molecule has 0 aliphatic rings. The van der Waals surface area contributed by atoms with Crippen LogP contribution in [0.1, 0.15) is 13.8 Å². The Hall–Kier alpha value is -1.49. The van der Waals surface area contributed by atoms with E-state index in [1.807, 2.05) is 24.4 Å². The summed E-state index contributed by atoms with van der Waals surface area (Å²) in [5.74, 6) is 0. The Morgan fingerprint density at radius 2 is 2.00 bits per heavy atom. The first-order valence-electron chi connectivity index (χ1n) is 5.08. The molecule has 0 unspecified atom stereocenters. The average molecular weight is 238 g/mol. The fraction of sp³-hybridized carbons (Fsp3) is 0.273. The highest BCUT2D eigenvalue weighted by molar-refractivity contribution is 7.93. The number of hydrogen-bond donors (Lipinski definition) is 2. The van der Waals surface area contributed by atoms with Gasteiger partial charge < -0.3 is 4.98 Å². The summed E-state index contributed by atoms with van der Waals surface area (Å²) in [6, 6.07) is 7.32. The van der Waals surface area contributed by atoms with Crippen LogP contribution in [0.25, 0.3) is 10.9 Å². The lowest BCUT2D eigenvalue weighted by Gasteiger charge is -2.10. The third kappa shape index (κ3) is 2.04. The summed E-state index contributed by atoms with van der Waals surface area (Å²) in [5.41, 5.74) is 1.59. The van der Waals surface area contributed by atoms with Crippen LogP contribution in [0.2, 0.25) is 0 Å². The molecule has 0 aliphatic heterocycles. The highest BCUT2D eigenvalue weighted by Gasteiger charge is 2.15. The number of fused-ring (bicyclic) bond motifs is 1. The lowest BCUT2D eigenvalue weighted by atomic mass is 10.2. The second-order valence-electron chi connectivity index (χ2n) is 3.98. The molecular weight excluding hydrogens is 224 g/mol. The number of hydrogen-bond acceptors (Lipinski definition) is 2. The van der Waals surface area contributed by atoms with E-state index >= 15 is 0 Å². The van der Waals surface area contributed by atoms with Gasteiger partial charge in [-0.1, -0.05) is 0 Å². The van der Waals surface area contributed by atoms with Gasteiger partial charge in [0.1, 0.15) is 0 Å². The van der Waals surface area contributed by atoms with E-state index in [0.717, 1.165) is 10.9 Å². The summed E-state index contributed by atoms with van der Waals surface area (Å²) in [5, 5.41) is 0.554. The predicted octanol–water partition coefficient (Wildman–Crippen LogP) is 2.32. The molecule has 86 valence electrons. The van der Waals surface area contributed by atoms with E-state index in [4.69, 9.17) is 0 Å². The second-order valence-corrected chi connectivity index (χ2v) is 6.21. The summed E-state index contributed by atoms with van der Waals surface area (Å²) < 4.78 is 25.9. The zero-order chi connectivity index (χ0) is 11.8. The lowest BCUT2D eigenvalue weighted by Crippen LogP contribution is -2.22. The zero-order valence-corrected chi connectivity index (χ0v) is 10.0. The Morgan fingerprint density at radius 1 is 1.25 bits per heavy atom. The van der Waals surface area contributed by atoms with E-state index in [1.54, 1.807) is 19.9 Å². The molecule has 4 nitrogen and oxygen atoms in total. The number of H-pyrrole nitrogens is 1. The maximum Gasteiger partial charge on any atom is 0.235 e. The molecule has 0 radical (unpaired) electrons. The van der Waals surface area contributed by atoms with E-state index in [2.05, 4.69) is 9.71 Å². The van der Waals surface area contributed by atoms with Gasteiger partial charge in [0, 0.05) is 22.8 Å². The predicted molar refractivity (Wildman–Crippen MR) is 66.0 cm³/mol. The standard InChI is InChI=1S/C11H14N2O2S/c1-8(2)16(14,15)13-10-3-4-11-9(7-10)5-6-12-11/h3-8,12-13H,1-2H3. The fourth-order valence-electron chi connectivity index (χ4n) is 1.40. The molecule has 1 heterocycles. The molecule has 0 spiro atoms. The third-order valence-electron chi connectivity index (χ3n) is 2.43. The van der Waals surface area contributed by atoms with Crippen LogP contribution in [0.5, 0.6) is 0 Å². The van der Waals surface area contributed by atoms with Gasteiger partial charge >= 0.3 is 0 Å². The van der Waals surface area contributed by atoms with Gasteiger partial charge in [-0.15, -0.1) is 0 Å². The molecule has 2 N–H and O–H groups in total. The highest BCUT2D eigenvalue weighted by Crippen LogP contribution is 2.19. The van der Waals surface area contributed by atoms with Crippen LogP contribution in [-0.2, 0) is 10.0 Å². The maximum absolute atomic E-state index is 11.7. The van der Waals surface area contributed by atoms with Crippen molar-refractivity contribution in [1.29, 1.82) is 0 Å². The molecule has 1 aromatic carbocycles. The van der Waals surface area contributed by atoms with Crippen LogP contribution in [0.4, 0.5) is 5.69 Å². The van der Waals surface area contributed by atoms with Gasteiger partial charge in [-0.2, -0.15) is 0 Å². The molecule has 1 aromatic heterocycles. The van der Waals surface area contributed by atoms with Gasteiger partial charge in [-0.05, 0) is 38.1 Å². The number of rotatable bonds is 3. The Labute approximate surface area is 94.7 Å². The number of aromatic amines is 1. The van der Waals surface area contributed by atoms with Gasteiger partial charge in [-0.25, -0.2) is 8.42 Å².